The highest BCUT2D eigenvalue weighted by atomic mass is 16.5. The molecular weight excluding hydrogens is 322 g/mol. The van der Waals surface area contributed by atoms with Crippen LogP contribution in [0.15, 0.2) is 12.1 Å². The molecule has 0 bridgehead atoms. The lowest BCUT2D eigenvalue weighted by atomic mass is 9.93. The Hall–Kier alpha value is -1.35. The molecule has 1 fully saturated rings. The van der Waals surface area contributed by atoms with Gasteiger partial charge in [0.15, 0.2) is 0 Å². The predicted octanol–water partition coefficient (Wildman–Crippen LogP) is 5.59. The van der Waals surface area contributed by atoms with E-state index in [1.807, 2.05) is 34.6 Å². The third-order valence-corrected chi connectivity index (χ3v) is 5.48. The lowest BCUT2D eigenvalue weighted by Crippen LogP contribution is -2.53. The van der Waals surface area contributed by atoms with Crippen LogP contribution in [0.1, 0.15) is 79.9 Å². The molecule has 0 N–H and O–H groups in total. The molecule has 26 heavy (non-hydrogen) atoms. The Morgan fingerprint density at radius 3 is 2.08 bits per heavy atom. The Balaban J connectivity index is 0.00000163. The van der Waals surface area contributed by atoms with Crippen molar-refractivity contribution in [2.24, 2.45) is 0 Å². The second kappa shape index (κ2) is 10.1. The SMILES string of the molecule is CC.Cc1cc(C)c(C(=O)OC(C)C[N+](C)(C)C2CCCCC2)c(C)c1. The molecule has 0 heterocycles. The van der Waals surface area contributed by atoms with Gasteiger partial charge in [0, 0.05) is 0 Å². The van der Waals surface area contributed by atoms with E-state index >= 15 is 0 Å². The summed E-state index contributed by atoms with van der Waals surface area (Å²) >= 11 is 0. The second-order valence-corrected chi connectivity index (χ2v) is 8.24. The molecule has 0 saturated heterocycles. The fraction of sp³-hybridized carbons (Fsp3) is 0.696. The van der Waals surface area contributed by atoms with E-state index in [0.29, 0.717) is 6.04 Å². The zero-order chi connectivity index (χ0) is 19.9. The molecule has 0 amide bonds. The average Bonchev–Trinajstić information content (AvgIpc) is 2.55. The van der Waals surface area contributed by atoms with Crippen molar-refractivity contribution < 1.29 is 14.0 Å². The van der Waals surface area contributed by atoms with Gasteiger partial charge in [-0.05, 0) is 64.5 Å². The standard InChI is InChI=1S/C21H34NO2.C2H6/c1-15-12-16(2)20(17(3)13-15)21(23)24-18(4)14-22(5,6)19-10-8-7-9-11-19;1-2/h12-13,18-19H,7-11,14H2,1-6H3;1-2H3/q+1;. The predicted molar refractivity (Wildman–Crippen MR) is 111 cm³/mol. The summed E-state index contributed by atoms with van der Waals surface area (Å²) in [5, 5.41) is 0. The van der Waals surface area contributed by atoms with Gasteiger partial charge in [0.05, 0.1) is 25.7 Å². The first-order valence-electron chi connectivity index (χ1n) is 10.3. The van der Waals surface area contributed by atoms with Gasteiger partial charge >= 0.3 is 5.97 Å². The molecule has 0 aliphatic heterocycles. The highest BCUT2D eigenvalue weighted by molar-refractivity contribution is 5.92. The van der Waals surface area contributed by atoms with Crippen molar-refractivity contribution in [3.05, 3.63) is 34.4 Å². The average molecular weight is 363 g/mol. The zero-order valence-electron chi connectivity index (χ0n) is 18.3. The molecule has 3 nitrogen and oxygen atoms in total. The first kappa shape index (κ1) is 22.7. The van der Waals surface area contributed by atoms with Crippen molar-refractivity contribution >= 4 is 5.97 Å². The molecule has 1 aliphatic carbocycles. The minimum Gasteiger partial charge on any atom is -0.453 e. The van der Waals surface area contributed by atoms with Crippen LogP contribution in [0.4, 0.5) is 0 Å². The topological polar surface area (TPSA) is 26.3 Å². The molecule has 1 aliphatic rings. The lowest BCUT2D eigenvalue weighted by molar-refractivity contribution is -0.918. The number of hydrogen-bond donors (Lipinski definition) is 0. The van der Waals surface area contributed by atoms with Crippen LogP contribution in [0.25, 0.3) is 0 Å². The second-order valence-electron chi connectivity index (χ2n) is 8.24. The molecule has 0 aromatic heterocycles. The van der Waals surface area contributed by atoms with Crippen LogP contribution in [0.5, 0.6) is 0 Å². The van der Waals surface area contributed by atoms with Crippen LogP contribution in [0.3, 0.4) is 0 Å². The molecule has 1 saturated carbocycles. The van der Waals surface area contributed by atoms with Crippen LogP contribution < -0.4 is 0 Å². The van der Waals surface area contributed by atoms with E-state index in [0.717, 1.165) is 27.7 Å². The summed E-state index contributed by atoms with van der Waals surface area (Å²) in [6.45, 7) is 12.9. The van der Waals surface area contributed by atoms with Crippen molar-refractivity contribution in [1.82, 2.24) is 0 Å². The summed E-state index contributed by atoms with van der Waals surface area (Å²) in [6, 6.07) is 4.80. The van der Waals surface area contributed by atoms with Gasteiger partial charge in [0.2, 0.25) is 0 Å². The van der Waals surface area contributed by atoms with E-state index in [1.165, 1.54) is 37.7 Å². The van der Waals surface area contributed by atoms with E-state index in [9.17, 15) is 4.79 Å². The maximum absolute atomic E-state index is 12.6. The van der Waals surface area contributed by atoms with Gasteiger partial charge in [-0.2, -0.15) is 0 Å². The van der Waals surface area contributed by atoms with Crippen LogP contribution in [0, 0.1) is 20.8 Å². The first-order chi connectivity index (χ1) is 12.2. The normalized spacial score (nSPS) is 16.5. The number of nitrogens with zero attached hydrogens (tertiary/aromatic N) is 1. The Kier molecular flexibility index (Phi) is 8.82. The van der Waals surface area contributed by atoms with E-state index in [2.05, 4.69) is 33.2 Å². The van der Waals surface area contributed by atoms with Gasteiger partial charge in [-0.1, -0.05) is 38.0 Å². The maximum Gasteiger partial charge on any atom is 0.339 e. The van der Waals surface area contributed by atoms with Crippen LogP contribution in [-0.4, -0.2) is 43.2 Å². The van der Waals surface area contributed by atoms with Crippen molar-refractivity contribution in [3.63, 3.8) is 0 Å². The lowest BCUT2D eigenvalue weighted by Gasteiger charge is -2.41. The van der Waals surface area contributed by atoms with Crippen molar-refractivity contribution in [2.45, 2.75) is 85.8 Å². The zero-order valence-corrected chi connectivity index (χ0v) is 18.3. The van der Waals surface area contributed by atoms with Gasteiger partial charge in [0.25, 0.3) is 0 Å². The fourth-order valence-corrected chi connectivity index (χ4v) is 4.37. The molecular formula is C23H40NO2+. The number of esters is 1. The molecule has 1 aromatic rings. The van der Waals surface area contributed by atoms with Crippen LogP contribution in [0.2, 0.25) is 0 Å². The summed E-state index contributed by atoms with van der Waals surface area (Å²) in [6.07, 6.45) is 6.56. The molecule has 0 spiro atoms. The smallest absolute Gasteiger partial charge is 0.339 e. The number of likely N-dealkylation sites (N-methyl/N-ethyl adjacent to an activating group) is 1. The Morgan fingerprint density at radius 2 is 1.58 bits per heavy atom. The van der Waals surface area contributed by atoms with E-state index < -0.39 is 0 Å². The number of hydrogen-bond acceptors (Lipinski definition) is 2. The van der Waals surface area contributed by atoms with Crippen molar-refractivity contribution in [3.8, 4) is 0 Å². The molecule has 1 aromatic carbocycles. The maximum atomic E-state index is 12.6. The molecule has 1 unspecified atom stereocenters. The summed E-state index contributed by atoms with van der Waals surface area (Å²) in [5.74, 6) is -0.179. The van der Waals surface area contributed by atoms with E-state index in [-0.39, 0.29) is 12.1 Å². The highest BCUT2D eigenvalue weighted by Gasteiger charge is 2.32. The Labute approximate surface area is 161 Å². The number of ether oxygens (including phenoxy) is 1. The van der Waals surface area contributed by atoms with Gasteiger partial charge in [-0.25, -0.2) is 4.79 Å². The molecule has 1 atom stereocenters. The number of aryl methyl sites for hydroxylation is 3. The minimum atomic E-state index is -0.179. The number of rotatable bonds is 5. The van der Waals surface area contributed by atoms with Crippen molar-refractivity contribution in [2.75, 3.05) is 20.6 Å². The number of benzene rings is 1. The third kappa shape index (κ3) is 6.12. The van der Waals surface area contributed by atoms with E-state index in [1.54, 1.807) is 0 Å². The monoisotopic (exact) mass is 362 g/mol. The van der Waals surface area contributed by atoms with Gasteiger partial charge in [-0.15, -0.1) is 0 Å². The Morgan fingerprint density at radius 1 is 1.08 bits per heavy atom. The minimum absolute atomic E-state index is 0.0745. The first-order valence-corrected chi connectivity index (χ1v) is 10.3. The number of quaternary nitrogens is 1. The highest BCUT2D eigenvalue weighted by Crippen LogP contribution is 2.26. The third-order valence-electron chi connectivity index (χ3n) is 5.48. The summed E-state index contributed by atoms with van der Waals surface area (Å²) in [4.78, 5) is 12.6. The van der Waals surface area contributed by atoms with Gasteiger partial charge in [-0.3, -0.25) is 0 Å². The van der Waals surface area contributed by atoms with E-state index in [4.69, 9.17) is 4.74 Å². The number of carbonyl (C=O) groups excluding carboxylic acids is 1. The van der Waals surface area contributed by atoms with Crippen LogP contribution >= 0.6 is 0 Å². The summed E-state index contributed by atoms with van der Waals surface area (Å²) in [5.41, 5.74) is 3.93. The molecule has 3 heteroatoms. The number of carbonyl (C=O) groups is 1. The van der Waals surface area contributed by atoms with Crippen LogP contribution in [-0.2, 0) is 4.74 Å². The fourth-order valence-electron chi connectivity index (χ4n) is 4.37. The molecule has 2 rings (SSSR count). The quantitative estimate of drug-likeness (QED) is 0.504. The Bertz CT molecular complexity index is 563. The summed E-state index contributed by atoms with van der Waals surface area (Å²) in [7, 11) is 4.56. The largest absolute Gasteiger partial charge is 0.453 e. The van der Waals surface area contributed by atoms with Gasteiger partial charge in [0.1, 0.15) is 12.6 Å². The molecule has 148 valence electrons. The summed E-state index contributed by atoms with van der Waals surface area (Å²) < 4.78 is 6.75. The molecule has 0 radical (unpaired) electrons. The van der Waals surface area contributed by atoms with Gasteiger partial charge < -0.3 is 9.22 Å². The van der Waals surface area contributed by atoms with Crippen molar-refractivity contribution in [1.29, 1.82) is 0 Å².